The van der Waals surface area contributed by atoms with E-state index in [1.54, 1.807) is 25.1 Å². The summed E-state index contributed by atoms with van der Waals surface area (Å²) in [5.74, 6) is 0.605. The molecule has 0 bridgehead atoms. The van der Waals surface area contributed by atoms with Gasteiger partial charge in [-0.15, -0.1) is 0 Å². The number of nitrogens with one attached hydrogen (secondary N) is 1. The molecule has 0 spiro atoms. The zero-order valence-electron chi connectivity index (χ0n) is 17.2. The number of benzene rings is 3. The van der Waals surface area contributed by atoms with Crippen LogP contribution in [0, 0.1) is 0 Å². The van der Waals surface area contributed by atoms with Crippen LogP contribution in [0.25, 0.3) is 0 Å². The lowest BCUT2D eigenvalue weighted by atomic mass is 10.1. The van der Waals surface area contributed by atoms with Gasteiger partial charge in [0.1, 0.15) is 12.4 Å². The lowest BCUT2D eigenvalue weighted by Crippen LogP contribution is -2.42. The van der Waals surface area contributed by atoms with Gasteiger partial charge in [0.15, 0.2) is 0 Å². The summed E-state index contributed by atoms with van der Waals surface area (Å²) in [7, 11) is -2.72. The molecule has 3 aromatic carbocycles. The molecule has 1 unspecified atom stereocenters. The Labute approximate surface area is 191 Å². The van der Waals surface area contributed by atoms with Crippen molar-refractivity contribution in [3.05, 3.63) is 94.5 Å². The van der Waals surface area contributed by atoms with Crippen LogP contribution in [0.1, 0.15) is 24.1 Å². The van der Waals surface area contributed by atoms with Gasteiger partial charge in [-0.05, 0) is 42.8 Å². The minimum absolute atomic E-state index is 0.0506. The van der Waals surface area contributed by atoms with Crippen LogP contribution in [0.15, 0.2) is 88.2 Å². The van der Waals surface area contributed by atoms with E-state index >= 15 is 0 Å². The third-order valence-corrected chi connectivity index (χ3v) is 6.95. The minimum atomic E-state index is -3.95. The summed E-state index contributed by atoms with van der Waals surface area (Å²) in [6.45, 7) is 2.15. The summed E-state index contributed by atoms with van der Waals surface area (Å²) in [5, 5.41) is 2.74. The first kappa shape index (κ1) is 22.8. The van der Waals surface area contributed by atoms with Crippen LogP contribution < -0.4 is 10.1 Å². The zero-order valence-corrected chi connectivity index (χ0v) is 19.6. The molecule has 0 heterocycles. The van der Waals surface area contributed by atoms with Gasteiger partial charge in [0, 0.05) is 17.1 Å². The molecule has 0 saturated heterocycles. The molecule has 2 amide bonds. The van der Waals surface area contributed by atoms with Crippen molar-refractivity contribution in [2.45, 2.75) is 24.5 Å². The summed E-state index contributed by atoms with van der Waals surface area (Å²) in [6.07, 6.45) is 0. The average molecular weight is 503 g/mol. The molecule has 0 saturated carbocycles. The Morgan fingerprint density at radius 1 is 1.03 bits per heavy atom. The number of hydrogen-bond acceptors (Lipinski definition) is 4. The summed E-state index contributed by atoms with van der Waals surface area (Å²) in [6, 6.07) is 21.9. The molecule has 31 heavy (non-hydrogen) atoms. The van der Waals surface area contributed by atoms with Gasteiger partial charge in [-0.3, -0.25) is 0 Å². The van der Waals surface area contributed by atoms with E-state index in [-0.39, 0.29) is 4.90 Å². The topological polar surface area (TPSA) is 75.7 Å². The van der Waals surface area contributed by atoms with Gasteiger partial charge in [-0.2, -0.15) is 0 Å². The number of amides is 2. The maximum atomic E-state index is 12.7. The van der Waals surface area contributed by atoms with E-state index in [0.29, 0.717) is 16.7 Å². The Morgan fingerprint density at radius 3 is 2.29 bits per heavy atom. The highest BCUT2D eigenvalue weighted by molar-refractivity contribution is 9.10. The molecule has 162 valence electrons. The van der Waals surface area contributed by atoms with Crippen molar-refractivity contribution in [2.75, 3.05) is 7.05 Å². The van der Waals surface area contributed by atoms with Crippen molar-refractivity contribution in [2.24, 2.45) is 0 Å². The average Bonchev–Trinajstić information content (AvgIpc) is 2.78. The molecule has 8 heteroatoms. The van der Waals surface area contributed by atoms with Crippen molar-refractivity contribution >= 4 is 32.0 Å². The molecule has 0 radical (unpaired) electrons. The van der Waals surface area contributed by atoms with E-state index in [2.05, 4.69) is 21.2 Å². The van der Waals surface area contributed by atoms with Gasteiger partial charge in [-0.25, -0.2) is 17.5 Å². The largest absolute Gasteiger partial charge is 0.489 e. The highest BCUT2D eigenvalue weighted by atomic mass is 79.9. The first-order valence-electron chi connectivity index (χ1n) is 9.59. The maximum Gasteiger partial charge on any atom is 0.331 e. The van der Waals surface area contributed by atoms with Crippen molar-refractivity contribution in [1.29, 1.82) is 0 Å². The number of rotatable bonds is 7. The fraction of sp³-hybridized carbons (Fsp3) is 0.174. The first-order valence-corrected chi connectivity index (χ1v) is 11.8. The number of carbonyl (C=O) groups is 1. The van der Waals surface area contributed by atoms with Crippen molar-refractivity contribution in [1.82, 2.24) is 9.62 Å². The van der Waals surface area contributed by atoms with Crippen molar-refractivity contribution < 1.29 is 17.9 Å². The van der Waals surface area contributed by atoms with E-state index in [1.807, 2.05) is 48.5 Å². The molecule has 3 rings (SSSR count). The summed E-state index contributed by atoms with van der Waals surface area (Å²) >= 11 is 3.44. The molecule has 1 N–H and O–H groups in total. The van der Waals surface area contributed by atoms with Gasteiger partial charge in [0.25, 0.3) is 10.0 Å². The quantitative estimate of drug-likeness (QED) is 0.486. The van der Waals surface area contributed by atoms with Gasteiger partial charge in [0.05, 0.1) is 10.9 Å². The van der Waals surface area contributed by atoms with Crippen LogP contribution in [-0.4, -0.2) is 25.8 Å². The molecule has 0 aromatic heterocycles. The number of nitrogens with zero attached hydrogens (tertiary/aromatic N) is 1. The zero-order chi connectivity index (χ0) is 22.4. The standard InChI is InChI=1S/C23H23BrN2O4S/c1-17(25-23(27)26(2)31(28,29)20-11-7-4-8-12-20)21-15-19(24)13-14-22(21)30-16-18-9-5-3-6-10-18/h3-15,17H,16H2,1-2H3,(H,25,27). The number of carbonyl (C=O) groups excluding carboxylic acids is 1. The maximum absolute atomic E-state index is 12.7. The molecule has 3 aromatic rings. The summed E-state index contributed by atoms with van der Waals surface area (Å²) < 4.78 is 32.9. The molecule has 0 aliphatic heterocycles. The highest BCUT2D eigenvalue weighted by Crippen LogP contribution is 2.29. The summed E-state index contributed by atoms with van der Waals surface area (Å²) in [5.41, 5.74) is 1.74. The third kappa shape index (κ3) is 5.65. The number of halogens is 1. The number of ether oxygens (including phenoxy) is 1. The van der Waals surface area contributed by atoms with E-state index in [4.69, 9.17) is 4.74 Å². The van der Waals surface area contributed by atoms with Gasteiger partial charge >= 0.3 is 6.03 Å². The lowest BCUT2D eigenvalue weighted by Gasteiger charge is -2.23. The van der Waals surface area contributed by atoms with Crippen LogP contribution in [0.3, 0.4) is 0 Å². The normalized spacial score (nSPS) is 12.1. The monoisotopic (exact) mass is 502 g/mol. The van der Waals surface area contributed by atoms with Gasteiger partial charge < -0.3 is 10.1 Å². The fourth-order valence-corrected chi connectivity index (χ4v) is 4.41. The second-order valence-electron chi connectivity index (χ2n) is 6.91. The Morgan fingerprint density at radius 2 is 1.65 bits per heavy atom. The predicted molar refractivity (Wildman–Crippen MR) is 123 cm³/mol. The number of urea groups is 1. The SMILES string of the molecule is CC(NC(=O)N(C)S(=O)(=O)c1ccccc1)c1cc(Br)ccc1OCc1ccccc1. The Balaban J connectivity index is 1.75. The molecule has 1 atom stereocenters. The first-order chi connectivity index (χ1) is 14.8. The molecule has 0 aliphatic rings. The molecule has 0 aliphatic carbocycles. The van der Waals surface area contributed by atoms with E-state index in [1.165, 1.54) is 19.2 Å². The Bertz CT molecular complexity index is 1140. The van der Waals surface area contributed by atoms with Gasteiger partial charge in [-0.1, -0.05) is 64.5 Å². The Hall–Kier alpha value is -2.84. The van der Waals surface area contributed by atoms with Gasteiger partial charge in [0.2, 0.25) is 0 Å². The molecular formula is C23H23BrN2O4S. The highest BCUT2D eigenvalue weighted by Gasteiger charge is 2.27. The van der Waals surface area contributed by atoms with Crippen molar-refractivity contribution in [3.63, 3.8) is 0 Å². The van der Waals surface area contributed by atoms with Crippen molar-refractivity contribution in [3.8, 4) is 5.75 Å². The number of sulfonamides is 1. The predicted octanol–water partition coefficient (Wildman–Crippen LogP) is 5.12. The molecular weight excluding hydrogens is 480 g/mol. The molecule has 0 fully saturated rings. The third-order valence-electron chi connectivity index (χ3n) is 4.70. The van der Waals surface area contributed by atoms with Crippen LogP contribution in [0.5, 0.6) is 5.75 Å². The number of hydrogen-bond donors (Lipinski definition) is 1. The lowest BCUT2D eigenvalue weighted by molar-refractivity contribution is 0.224. The Kier molecular flexibility index (Phi) is 7.35. The van der Waals surface area contributed by atoms with E-state index in [0.717, 1.165) is 15.6 Å². The van der Waals surface area contributed by atoms with Crippen LogP contribution in [0.2, 0.25) is 0 Å². The van der Waals surface area contributed by atoms with Crippen LogP contribution in [-0.2, 0) is 16.6 Å². The second-order valence-corrected chi connectivity index (χ2v) is 9.80. The second kappa shape index (κ2) is 9.98. The molecule has 6 nitrogen and oxygen atoms in total. The van der Waals surface area contributed by atoms with Crippen LogP contribution >= 0.6 is 15.9 Å². The smallest absolute Gasteiger partial charge is 0.331 e. The minimum Gasteiger partial charge on any atom is -0.489 e. The van der Waals surface area contributed by atoms with Crippen LogP contribution in [0.4, 0.5) is 4.79 Å². The van der Waals surface area contributed by atoms with E-state index in [9.17, 15) is 13.2 Å². The van der Waals surface area contributed by atoms with E-state index < -0.39 is 22.1 Å². The fourth-order valence-electron chi connectivity index (χ4n) is 2.94. The summed E-state index contributed by atoms with van der Waals surface area (Å²) in [4.78, 5) is 12.8.